The number of aromatic nitrogens is 1. The second kappa shape index (κ2) is 14.5. The van der Waals surface area contributed by atoms with E-state index >= 15 is 0 Å². The van der Waals surface area contributed by atoms with Gasteiger partial charge in [0.1, 0.15) is 0 Å². The lowest BCUT2D eigenvalue weighted by molar-refractivity contribution is 0.981. The van der Waals surface area contributed by atoms with Crippen LogP contribution in [0, 0.1) is 5.41 Å². The molecule has 48 heavy (non-hydrogen) atoms. The number of rotatable bonds is 7. The van der Waals surface area contributed by atoms with Crippen LogP contribution < -0.4 is 0 Å². The van der Waals surface area contributed by atoms with Crippen molar-refractivity contribution in [2.24, 2.45) is 0 Å². The van der Waals surface area contributed by atoms with E-state index in [-0.39, 0.29) is 0 Å². The van der Waals surface area contributed by atoms with E-state index in [1.165, 1.54) is 72.7 Å². The largest absolute Gasteiger partial charge is 0.309 e. The summed E-state index contributed by atoms with van der Waals surface area (Å²) >= 11 is 0. The van der Waals surface area contributed by atoms with Crippen LogP contribution in [0.1, 0.15) is 69.0 Å². The molecule has 0 spiro atoms. The van der Waals surface area contributed by atoms with E-state index in [1.807, 2.05) is 33.8 Å². The molecule has 0 saturated heterocycles. The van der Waals surface area contributed by atoms with Crippen LogP contribution in [0.3, 0.4) is 0 Å². The minimum absolute atomic E-state index is 0.986. The highest BCUT2D eigenvalue weighted by molar-refractivity contribution is 6.11. The van der Waals surface area contributed by atoms with Crippen LogP contribution in [0.5, 0.6) is 0 Å². The highest BCUT2D eigenvalue weighted by Gasteiger charge is 2.23. The van der Waals surface area contributed by atoms with E-state index in [2.05, 4.69) is 145 Å². The lowest BCUT2D eigenvalue weighted by Crippen LogP contribution is -2.03. The highest BCUT2D eigenvalue weighted by atomic mass is 15.0. The standard InChI is InChI=1S/C44H38N2.C2H6/c1-4-5-7-10-32-13-15-34(16-14-32)37-22-25-41-42-26-23-38-27-36(35-19-17-33(18-20-35)31(3)30(2)29-45)21-24-40(38)44(42)46(43(41)28-37)39-11-8-6-9-12-39;1-2/h4-21,23-24,26-29,45H,22,25H2,1-3H3;1-2H3/b5-4-,10-7-,31-30+,45-29?;. The lowest BCUT2D eigenvalue weighted by Gasteiger charge is -2.17. The molecule has 1 heterocycles. The Balaban J connectivity index is 0.00000197. The first-order chi connectivity index (χ1) is 23.6. The zero-order valence-corrected chi connectivity index (χ0v) is 28.7. The van der Waals surface area contributed by atoms with E-state index < -0.39 is 0 Å². The van der Waals surface area contributed by atoms with Crippen molar-refractivity contribution >= 4 is 51.2 Å². The van der Waals surface area contributed by atoms with Crippen molar-refractivity contribution < 1.29 is 0 Å². The molecule has 0 saturated carbocycles. The Morgan fingerprint density at radius 2 is 1.40 bits per heavy atom. The molecule has 1 aliphatic carbocycles. The van der Waals surface area contributed by atoms with Gasteiger partial charge >= 0.3 is 0 Å². The fraction of sp³-hybridized carbons (Fsp3) is 0.152. The van der Waals surface area contributed by atoms with Crippen molar-refractivity contribution in [2.75, 3.05) is 0 Å². The summed E-state index contributed by atoms with van der Waals surface area (Å²) in [5.74, 6) is 0. The highest BCUT2D eigenvalue weighted by Crippen LogP contribution is 2.41. The first kappa shape index (κ1) is 32.5. The van der Waals surface area contributed by atoms with Gasteiger partial charge < -0.3 is 9.98 Å². The first-order valence-electron chi connectivity index (χ1n) is 17.1. The van der Waals surface area contributed by atoms with Gasteiger partial charge in [0, 0.05) is 22.7 Å². The number of hydrogen-bond donors (Lipinski definition) is 1. The molecule has 2 nitrogen and oxygen atoms in total. The van der Waals surface area contributed by atoms with E-state index in [1.54, 1.807) is 0 Å². The molecule has 0 bridgehead atoms. The van der Waals surface area contributed by atoms with Crippen LogP contribution in [-0.2, 0) is 6.42 Å². The molecular formula is C46H44N2. The Morgan fingerprint density at radius 3 is 2.10 bits per heavy atom. The first-order valence-corrected chi connectivity index (χ1v) is 17.1. The normalized spacial score (nSPS) is 13.3. The van der Waals surface area contributed by atoms with Crippen LogP contribution >= 0.6 is 0 Å². The zero-order valence-electron chi connectivity index (χ0n) is 28.7. The quantitative estimate of drug-likeness (QED) is 0.135. The maximum atomic E-state index is 7.60. The molecule has 5 aromatic carbocycles. The summed E-state index contributed by atoms with van der Waals surface area (Å²) in [6.07, 6.45) is 14.2. The number of hydrogen-bond acceptors (Lipinski definition) is 1. The van der Waals surface area contributed by atoms with Crippen molar-refractivity contribution in [3.05, 3.63) is 161 Å². The second-order valence-electron chi connectivity index (χ2n) is 12.1. The molecule has 0 amide bonds. The predicted molar refractivity (Wildman–Crippen MR) is 211 cm³/mol. The third kappa shape index (κ3) is 6.27. The summed E-state index contributed by atoms with van der Waals surface area (Å²) in [7, 11) is 0. The molecule has 0 atom stereocenters. The van der Waals surface area contributed by atoms with Crippen LogP contribution in [0.4, 0.5) is 0 Å². The van der Waals surface area contributed by atoms with Crippen molar-refractivity contribution in [1.29, 1.82) is 5.41 Å². The van der Waals surface area contributed by atoms with Crippen LogP contribution in [0.25, 0.3) is 61.8 Å². The average molecular weight is 625 g/mol. The number of para-hydroxylation sites is 1. The third-order valence-corrected chi connectivity index (χ3v) is 9.39. The molecule has 0 fully saturated rings. The van der Waals surface area contributed by atoms with Crippen LogP contribution in [0.15, 0.2) is 133 Å². The molecule has 1 aliphatic rings. The number of fused-ring (bicyclic) bond motifs is 5. The molecule has 238 valence electrons. The maximum Gasteiger partial charge on any atom is 0.0616 e. The van der Waals surface area contributed by atoms with Gasteiger partial charge in [-0.25, -0.2) is 0 Å². The molecule has 1 N–H and O–H groups in total. The molecule has 2 heteroatoms. The fourth-order valence-corrected chi connectivity index (χ4v) is 6.69. The molecular weight excluding hydrogens is 581 g/mol. The van der Waals surface area contributed by atoms with Crippen LogP contribution in [0.2, 0.25) is 0 Å². The van der Waals surface area contributed by atoms with Crippen molar-refractivity contribution in [3.63, 3.8) is 0 Å². The zero-order chi connectivity index (χ0) is 33.6. The SMILES string of the molecule is C/C=C\C=C/c1ccc(C2=Cc3c(c4ccc5cc(-c6ccc(/C(C)=C(\C)C=N)cc6)ccc5c4n3-c3ccccc3)CC2)cc1.CC. The summed E-state index contributed by atoms with van der Waals surface area (Å²) < 4.78 is 2.48. The Kier molecular flexibility index (Phi) is 9.83. The van der Waals surface area contributed by atoms with Gasteiger partial charge in [0.25, 0.3) is 0 Å². The van der Waals surface area contributed by atoms with E-state index in [9.17, 15) is 0 Å². The second-order valence-corrected chi connectivity index (χ2v) is 12.1. The summed E-state index contributed by atoms with van der Waals surface area (Å²) in [5, 5.41) is 11.4. The predicted octanol–water partition coefficient (Wildman–Crippen LogP) is 13.0. The monoisotopic (exact) mass is 624 g/mol. The van der Waals surface area contributed by atoms with Gasteiger partial charge in [-0.1, -0.05) is 129 Å². The van der Waals surface area contributed by atoms with E-state index in [0.29, 0.717) is 0 Å². The summed E-state index contributed by atoms with van der Waals surface area (Å²) in [6.45, 7) is 10.1. The fourth-order valence-electron chi connectivity index (χ4n) is 6.69. The van der Waals surface area contributed by atoms with Crippen molar-refractivity contribution in [3.8, 4) is 16.8 Å². The molecule has 6 aromatic rings. The molecule has 0 radical (unpaired) electrons. The van der Waals surface area contributed by atoms with Crippen LogP contribution in [-0.4, -0.2) is 10.8 Å². The number of benzene rings is 5. The molecule has 0 unspecified atom stereocenters. The molecule has 1 aromatic heterocycles. The Hall–Kier alpha value is -5.47. The summed E-state index contributed by atoms with van der Waals surface area (Å²) in [5.41, 5.74) is 14.7. The van der Waals surface area contributed by atoms with Gasteiger partial charge in [-0.15, -0.1) is 0 Å². The van der Waals surface area contributed by atoms with Crippen molar-refractivity contribution in [2.45, 2.75) is 47.5 Å². The Bertz CT molecular complexity index is 2200. The number of nitrogens with one attached hydrogen (secondary N) is 1. The number of aryl methyl sites for hydroxylation is 1. The van der Waals surface area contributed by atoms with Gasteiger partial charge in [0.2, 0.25) is 0 Å². The number of allylic oxidation sites excluding steroid dienone is 6. The van der Waals surface area contributed by atoms with Crippen molar-refractivity contribution in [1.82, 2.24) is 4.57 Å². The third-order valence-electron chi connectivity index (χ3n) is 9.39. The minimum Gasteiger partial charge on any atom is -0.309 e. The maximum absolute atomic E-state index is 7.60. The smallest absolute Gasteiger partial charge is 0.0616 e. The van der Waals surface area contributed by atoms with E-state index in [0.717, 1.165) is 29.6 Å². The topological polar surface area (TPSA) is 28.8 Å². The van der Waals surface area contributed by atoms with Gasteiger partial charge in [-0.05, 0) is 113 Å². The van der Waals surface area contributed by atoms with Gasteiger partial charge in [0.05, 0.1) is 11.2 Å². The molecule has 7 rings (SSSR count). The lowest BCUT2D eigenvalue weighted by atomic mass is 9.90. The minimum atomic E-state index is 0.986. The number of nitrogens with zero attached hydrogens (tertiary/aromatic N) is 1. The Labute approximate surface area is 285 Å². The molecule has 0 aliphatic heterocycles. The van der Waals surface area contributed by atoms with Gasteiger partial charge in [0.15, 0.2) is 0 Å². The summed E-state index contributed by atoms with van der Waals surface area (Å²) in [6, 6.07) is 40.0. The Morgan fingerprint density at radius 1 is 0.708 bits per heavy atom. The van der Waals surface area contributed by atoms with Gasteiger partial charge in [-0.2, -0.15) is 0 Å². The summed E-state index contributed by atoms with van der Waals surface area (Å²) in [4.78, 5) is 0. The average Bonchev–Trinajstić information content (AvgIpc) is 3.49. The van der Waals surface area contributed by atoms with E-state index in [4.69, 9.17) is 5.41 Å². The van der Waals surface area contributed by atoms with Gasteiger partial charge in [-0.3, -0.25) is 0 Å².